The van der Waals surface area contributed by atoms with Crippen LogP contribution in [0.3, 0.4) is 0 Å². The van der Waals surface area contributed by atoms with Crippen molar-refractivity contribution in [3.8, 4) is 0 Å². The van der Waals surface area contributed by atoms with E-state index in [4.69, 9.17) is 0 Å². The van der Waals surface area contributed by atoms with Gasteiger partial charge in [-0.2, -0.15) is 0 Å². The number of nitrogens with zero attached hydrogens (tertiary/aromatic N) is 1. The molecule has 0 aliphatic carbocycles. The maximum absolute atomic E-state index is 13.4. The van der Waals surface area contributed by atoms with E-state index in [0.29, 0.717) is 5.69 Å². The number of carbonyl (C=O) groups excluding carboxylic acids is 2. The minimum absolute atomic E-state index is 0.0337. The van der Waals surface area contributed by atoms with Crippen molar-refractivity contribution in [1.29, 1.82) is 0 Å². The Balaban J connectivity index is 2.05. The van der Waals surface area contributed by atoms with E-state index in [0.717, 1.165) is 23.3 Å². The molecule has 0 bridgehead atoms. The first kappa shape index (κ1) is 18.6. The third-order valence-corrected chi connectivity index (χ3v) is 3.82. The second-order valence-corrected chi connectivity index (χ2v) is 5.89. The molecule has 0 aliphatic heterocycles. The van der Waals surface area contributed by atoms with E-state index in [1.165, 1.54) is 17.9 Å². The molecule has 0 aliphatic rings. The van der Waals surface area contributed by atoms with Gasteiger partial charge in [0.2, 0.25) is 11.8 Å². The summed E-state index contributed by atoms with van der Waals surface area (Å²) in [7, 11) is 0. The number of anilines is 2. The zero-order valence-electron chi connectivity index (χ0n) is 14.4. The van der Waals surface area contributed by atoms with Crippen LogP contribution in [0.25, 0.3) is 0 Å². The molecule has 0 unspecified atom stereocenters. The van der Waals surface area contributed by atoms with E-state index in [9.17, 15) is 18.4 Å². The van der Waals surface area contributed by atoms with Crippen molar-refractivity contribution in [3.63, 3.8) is 0 Å². The third-order valence-electron chi connectivity index (χ3n) is 3.82. The Labute approximate surface area is 145 Å². The van der Waals surface area contributed by atoms with Gasteiger partial charge in [-0.15, -0.1) is 0 Å². The minimum Gasteiger partial charge on any atom is -0.326 e. The smallest absolute Gasteiger partial charge is 0.226 e. The number of benzene rings is 2. The highest BCUT2D eigenvalue weighted by Crippen LogP contribution is 2.20. The number of rotatable bonds is 5. The second-order valence-electron chi connectivity index (χ2n) is 5.89. The van der Waals surface area contributed by atoms with Crippen molar-refractivity contribution < 1.29 is 18.4 Å². The van der Waals surface area contributed by atoms with Crippen LogP contribution in [0, 0.1) is 25.5 Å². The van der Waals surface area contributed by atoms with E-state index < -0.39 is 11.6 Å². The summed E-state index contributed by atoms with van der Waals surface area (Å²) >= 11 is 0. The Bertz CT molecular complexity index is 806. The molecule has 0 spiro atoms. The van der Waals surface area contributed by atoms with Crippen molar-refractivity contribution in [2.75, 3.05) is 16.8 Å². The first-order chi connectivity index (χ1) is 11.8. The lowest BCUT2D eigenvalue weighted by Gasteiger charge is -2.21. The molecular weight excluding hydrogens is 326 g/mol. The molecule has 25 heavy (non-hydrogen) atoms. The van der Waals surface area contributed by atoms with Crippen molar-refractivity contribution in [3.05, 3.63) is 59.2 Å². The fourth-order valence-electron chi connectivity index (χ4n) is 2.42. The average Bonchev–Trinajstić information content (AvgIpc) is 2.54. The normalized spacial score (nSPS) is 10.4. The summed E-state index contributed by atoms with van der Waals surface area (Å²) in [5.74, 6) is -2.64. The molecule has 0 heterocycles. The zero-order valence-corrected chi connectivity index (χ0v) is 14.4. The summed E-state index contributed by atoms with van der Waals surface area (Å²) in [6.07, 6.45) is 0.0337. The fourth-order valence-corrected chi connectivity index (χ4v) is 2.42. The predicted molar refractivity (Wildman–Crippen MR) is 93.5 cm³/mol. The van der Waals surface area contributed by atoms with Crippen LogP contribution in [0.1, 0.15) is 24.5 Å². The van der Waals surface area contributed by atoms with Crippen molar-refractivity contribution in [2.24, 2.45) is 0 Å². The topological polar surface area (TPSA) is 49.4 Å². The molecule has 0 aromatic heterocycles. The van der Waals surface area contributed by atoms with Crippen molar-refractivity contribution in [1.82, 2.24) is 0 Å². The molecule has 132 valence electrons. The Morgan fingerprint density at radius 1 is 1.04 bits per heavy atom. The highest BCUT2D eigenvalue weighted by Gasteiger charge is 2.16. The van der Waals surface area contributed by atoms with Crippen molar-refractivity contribution in [2.45, 2.75) is 27.2 Å². The summed E-state index contributed by atoms with van der Waals surface area (Å²) < 4.78 is 26.4. The van der Waals surface area contributed by atoms with E-state index >= 15 is 0 Å². The van der Waals surface area contributed by atoms with Gasteiger partial charge in [0.05, 0.1) is 0 Å². The summed E-state index contributed by atoms with van der Waals surface area (Å²) in [5, 5.41) is 2.81. The quantitative estimate of drug-likeness (QED) is 0.891. The lowest BCUT2D eigenvalue weighted by Crippen LogP contribution is -2.32. The maximum atomic E-state index is 13.4. The van der Waals surface area contributed by atoms with Crippen LogP contribution >= 0.6 is 0 Å². The summed E-state index contributed by atoms with van der Waals surface area (Å²) in [6, 6.07) is 8.93. The minimum atomic E-state index is -1.04. The summed E-state index contributed by atoms with van der Waals surface area (Å²) in [4.78, 5) is 25.2. The zero-order chi connectivity index (χ0) is 18.6. The molecular formula is C19H20F2N2O2. The molecule has 0 fully saturated rings. The molecule has 0 saturated carbocycles. The largest absolute Gasteiger partial charge is 0.326 e. The van der Waals surface area contributed by atoms with Crippen LogP contribution in [0.15, 0.2) is 36.4 Å². The van der Waals surface area contributed by atoms with Crippen LogP contribution in [0.4, 0.5) is 20.2 Å². The van der Waals surface area contributed by atoms with Gasteiger partial charge in [0.15, 0.2) is 11.6 Å². The number of hydrogen-bond donors (Lipinski definition) is 1. The predicted octanol–water partition coefficient (Wildman–Crippen LogP) is 3.96. The van der Waals surface area contributed by atoms with Gasteiger partial charge in [-0.3, -0.25) is 9.59 Å². The molecule has 0 saturated heterocycles. The molecule has 2 aromatic carbocycles. The Hall–Kier alpha value is -2.76. The molecule has 4 nitrogen and oxygen atoms in total. The van der Waals surface area contributed by atoms with E-state index in [1.54, 1.807) is 0 Å². The molecule has 2 aromatic rings. The molecule has 0 atom stereocenters. The lowest BCUT2D eigenvalue weighted by molar-refractivity contribution is -0.117. The molecule has 1 N–H and O–H groups in total. The van der Waals surface area contributed by atoms with Crippen LogP contribution in [0.5, 0.6) is 0 Å². The number of carbonyl (C=O) groups is 2. The highest BCUT2D eigenvalue weighted by atomic mass is 19.2. The SMILES string of the molecule is CC(=O)N(CCC(=O)Nc1cc(C)ccc1C)c1ccc(F)c(F)c1. The van der Waals surface area contributed by atoms with Gasteiger partial charge in [-0.25, -0.2) is 8.78 Å². The Morgan fingerprint density at radius 3 is 2.40 bits per heavy atom. The summed E-state index contributed by atoms with van der Waals surface area (Å²) in [5.41, 5.74) is 2.88. The number of amides is 2. The Morgan fingerprint density at radius 2 is 1.76 bits per heavy atom. The van der Waals surface area contributed by atoms with Crippen LogP contribution in [-0.2, 0) is 9.59 Å². The third kappa shape index (κ3) is 4.86. The van der Waals surface area contributed by atoms with E-state index in [1.807, 2.05) is 32.0 Å². The van der Waals surface area contributed by atoms with E-state index in [-0.39, 0.29) is 30.5 Å². The molecule has 0 radical (unpaired) electrons. The number of hydrogen-bond acceptors (Lipinski definition) is 2. The second kappa shape index (κ2) is 7.88. The van der Waals surface area contributed by atoms with Gasteiger partial charge < -0.3 is 10.2 Å². The molecule has 2 amide bonds. The van der Waals surface area contributed by atoms with Gasteiger partial charge in [-0.05, 0) is 43.2 Å². The van der Waals surface area contributed by atoms with Gasteiger partial charge in [0, 0.05) is 37.3 Å². The van der Waals surface area contributed by atoms with Gasteiger partial charge >= 0.3 is 0 Å². The number of aryl methyl sites for hydroxylation is 2. The number of halogens is 2. The van der Waals surface area contributed by atoms with Gasteiger partial charge in [-0.1, -0.05) is 12.1 Å². The molecule has 2 rings (SSSR count). The fraction of sp³-hybridized carbons (Fsp3) is 0.263. The first-order valence-corrected chi connectivity index (χ1v) is 7.88. The van der Waals surface area contributed by atoms with Gasteiger partial charge in [0.1, 0.15) is 0 Å². The first-order valence-electron chi connectivity index (χ1n) is 7.88. The van der Waals surface area contributed by atoms with Crippen molar-refractivity contribution >= 4 is 23.2 Å². The highest BCUT2D eigenvalue weighted by molar-refractivity contribution is 5.95. The van der Waals surface area contributed by atoms with Crippen LogP contribution in [-0.4, -0.2) is 18.4 Å². The summed E-state index contributed by atoms with van der Waals surface area (Å²) in [6.45, 7) is 5.19. The van der Waals surface area contributed by atoms with E-state index in [2.05, 4.69) is 5.32 Å². The molecule has 6 heteroatoms. The van der Waals surface area contributed by atoms with Crippen LogP contribution < -0.4 is 10.2 Å². The average molecular weight is 346 g/mol. The lowest BCUT2D eigenvalue weighted by atomic mass is 10.1. The number of nitrogens with one attached hydrogen (secondary N) is 1. The monoisotopic (exact) mass is 346 g/mol. The van der Waals surface area contributed by atoms with Gasteiger partial charge in [0.25, 0.3) is 0 Å². The maximum Gasteiger partial charge on any atom is 0.226 e. The van der Waals surface area contributed by atoms with Crippen LogP contribution in [0.2, 0.25) is 0 Å². The Kier molecular flexibility index (Phi) is 5.85. The standard InChI is InChI=1S/C19H20F2N2O2/c1-12-4-5-13(2)18(10-12)22-19(25)8-9-23(14(3)24)15-6-7-16(20)17(21)11-15/h4-7,10-11H,8-9H2,1-3H3,(H,22,25).